The molecule has 0 radical (unpaired) electrons. The minimum absolute atomic E-state index is 0.303. The molecule has 4 nitrogen and oxygen atoms in total. The van der Waals surface area contributed by atoms with Crippen molar-refractivity contribution in [2.45, 2.75) is 13.5 Å². The van der Waals surface area contributed by atoms with Gasteiger partial charge in [0.1, 0.15) is 5.01 Å². The Morgan fingerprint density at radius 3 is 2.88 bits per heavy atom. The smallest absolute Gasteiger partial charge is 0.174 e. The Hall–Kier alpha value is -0.910. The van der Waals surface area contributed by atoms with Crippen molar-refractivity contribution in [3.05, 3.63) is 32.5 Å². The summed E-state index contributed by atoms with van der Waals surface area (Å²) < 4.78 is 0. The summed E-state index contributed by atoms with van der Waals surface area (Å²) in [6, 6.07) is 1.64. The quantitative estimate of drug-likeness (QED) is 0.934. The van der Waals surface area contributed by atoms with Crippen LogP contribution in [0, 0.1) is 6.92 Å². The monoisotopic (exact) mass is 274 g/mol. The molecule has 0 aliphatic rings. The van der Waals surface area contributed by atoms with Gasteiger partial charge in [-0.25, -0.2) is 4.98 Å². The van der Waals surface area contributed by atoms with E-state index < -0.39 is 0 Å². The van der Waals surface area contributed by atoms with E-state index in [-0.39, 0.29) is 0 Å². The molecule has 1 N–H and O–H groups in total. The number of hydrogen-bond acceptors (Lipinski definition) is 5. The van der Waals surface area contributed by atoms with Crippen molar-refractivity contribution >= 4 is 40.2 Å². The third-order valence-electron chi connectivity index (χ3n) is 1.82. The van der Waals surface area contributed by atoms with Gasteiger partial charge in [0, 0.05) is 17.1 Å². The second kappa shape index (κ2) is 4.95. The number of aryl methyl sites for hydroxylation is 1. The van der Waals surface area contributed by atoms with Crippen LogP contribution >= 0.6 is 34.5 Å². The second-order valence-corrected chi connectivity index (χ2v) is 4.80. The van der Waals surface area contributed by atoms with Crippen LogP contribution in [0.15, 0.2) is 11.4 Å². The highest BCUT2D eigenvalue weighted by atomic mass is 35.5. The minimum atomic E-state index is 0.303. The maximum Gasteiger partial charge on any atom is 0.174 e. The van der Waals surface area contributed by atoms with Crippen LogP contribution in [-0.4, -0.2) is 15.2 Å². The molecular formula is C9H8Cl2N4S. The van der Waals surface area contributed by atoms with Crippen molar-refractivity contribution in [3.63, 3.8) is 0 Å². The zero-order valence-corrected chi connectivity index (χ0v) is 10.7. The van der Waals surface area contributed by atoms with E-state index >= 15 is 0 Å². The lowest BCUT2D eigenvalue weighted by Crippen LogP contribution is -2.01. The number of thiazole rings is 1. The average molecular weight is 275 g/mol. The molecule has 0 amide bonds. The van der Waals surface area contributed by atoms with Crippen molar-refractivity contribution in [2.24, 2.45) is 0 Å². The van der Waals surface area contributed by atoms with Gasteiger partial charge >= 0.3 is 0 Å². The predicted octanol–water partition coefficient (Wildman–Crippen LogP) is 3.16. The Morgan fingerprint density at radius 1 is 1.38 bits per heavy atom. The Bertz CT molecular complexity index is 500. The molecule has 84 valence electrons. The van der Waals surface area contributed by atoms with Gasteiger partial charge in [-0.3, -0.25) is 0 Å². The molecule has 2 rings (SSSR count). The highest BCUT2D eigenvalue weighted by Gasteiger charge is 2.05. The first-order valence-electron chi connectivity index (χ1n) is 4.49. The SMILES string of the molecule is Cc1csc(CNc2cc(Cl)nnc2Cl)n1. The summed E-state index contributed by atoms with van der Waals surface area (Å²) in [5, 5.41) is 14.0. The molecule has 0 fully saturated rings. The van der Waals surface area contributed by atoms with Crippen LogP contribution in [0.4, 0.5) is 5.69 Å². The summed E-state index contributed by atoms with van der Waals surface area (Å²) in [6.45, 7) is 2.55. The first-order valence-corrected chi connectivity index (χ1v) is 6.12. The van der Waals surface area contributed by atoms with Gasteiger partial charge in [-0.1, -0.05) is 23.2 Å². The molecule has 7 heteroatoms. The van der Waals surface area contributed by atoms with Crippen LogP contribution in [0.2, 0.25) is 10.3 Å². The van der Waals surface area contributed by atoms with Gasteiger partial charge in [0.15, 0.2) is 10.3 Å². The molecule has 0 saturated carbocycles. The summed E-state index contributed by atoms with van der Waals surface area (Å²) in [6.07, 6.45) is 0. The first-order chi connectivity index (χ1) is 7.65. The Morgan fingerprint density at radius 2 is 2.19 bits per heavy atom. The molecule has 16 heavy (non-hydrogen) atoms. The lowest BCUT2D eigenvalue weighted by Gasteiger charge is -2.05. The van der Waals surface area contributed by atoms with Crippen LogP contribution in [0.5, 0.6) is 0 Å². The zero-order valence-electron chi connectivity index (χ0n) is 8.37. The third-order valence-corrected chi connectivity index (χ3v) is 3.25. The van der Waals surface area contributed by atoms with Crippen molar-refractivity contribution < 1.29 is 0 Å². The van der Waals surface area contributed by atoms with Crippen LogP contribution in [0.1, 0.15) is 10.7 Å². The van der Waals surface area contributed by atoms with Crippen molar-refractivity contribution in [3.8, 4) is 0 Å². The molecule has 0 aliphatic heterocycles. The Kier molecular flexibility index (Phi) is 3.58. The van der Waals surface area contributed by atoms with Crippen LogP contribution in [0.3, 0.4) is 0 Å². The molecule has 0 aliphatic carbocycles. The molecular weight excluding hydrogens is 267 g/mol. The van der Waals surface area contributed by atoms with Crippen molar-refractivity contribution in [1.82, 2.24) is 15.2 Å². The number of rotatable bonds is 3. The summed E-state index contributed by atoms with van der Waals surface area (Å²) in [5.41, 5.74) is 1.67. The summed E-state index contributed by atoms with van der Waals surface area (Å²) in [5.74, 6) is 0. The summed E-state index contributed by atoms with van der Waals surface area (Å²) in [7, 11) is 0. The van der Waals surface area contributed by atoms with Crippen molar-refractivity contribution in [2.75, 3.05) is 5.32 Å². The highest BCUT2D eigenvalue weighted by molar-refractivity contribution is 7.09. The van der Waals surface area contributed by atoms with E-state index in [1.54, 1.807) is 17.4 Å². The Labute approximate surface area is 107 Å². The number of halogens is 2. The van der Waals surface area contributed by atoms with Gasteiger partial charge in [0.25, 0.3) is 0 Å². The van der Waals surface area contributed by atoms with E-state index in [2.05, 4.69) is 20.5 Å². The van der Waals surface area contributed by atoms with Gasteiger partial charge in [0.2, 0.25) is 0 Å². The molecule has 0 aromatic carbocycles. The normalized spacial score (nSPS) is 10.4. The average Bonchev–Trinajstić information content (AvgIpc) is 2.66. The lowest BCUT2D eigenvalue weighted by atomic mass is 10.4. The fourth-order valence-corrected chi connectivity index (χ4v) is 2.15. The fraction of sp³-hybridized carbons (Fsp3) is 0.222. The number of nitrogens with zero attached hydrogens (tertiary/aromatic N) is 3. The summed E-state index contributed by atoms with van der Waals surface area (Å²) in [4.78, 5) is 4.32. The zero-order chi connectivity index (χ0) is 11.5. The number of hydrogen-bond donors (Lipinski definition) is 1. The van der Waals surface area contributed by atoms with E-state index in [1.807, 2.05) is 12.3 Å². The van der Waals surface area contributed by atoms with Gasteiger partial charge in [-0.2, -0.15) is 0 Å². The third kappa shape index (κ3) is 2.81. The Balaban J connectivity index is 2.07. The van der Waals surface area contributed by atoms with E-state index in [1.165, 1.54) is 0 Å². The molecule has 2 aromatic heterocycles. The molecule has 0 unspecified atom stereocenters. The largest absolute Gasteiger partial charge is 0.376 e. The van der Waals surface area contributed by atoms with E-state index in [9.17, 15) is 0 Å². The second-order valence-electron chi connectivity index (χ2n) is 3.11. The molecule has 0 atom stereocenters. The minimum Gasteiger partial charge on any atom is -0.376 e. The van der Waals surface area contributed by atoms with Gasteiger partial charge in [0.05, 0.1) is 12.2 Å². The number of aromatic nitrogens is 3. The van der Waals surface area contributed by atoms with Crippen LogP contribution in [-0.2, 0) is 6.54 Å². The highest BCUT2D eigenvalue weighted by Crippen LogP contribution is 2.21. The topological polar surface area (TPSA) is 50.7 Å². The van der Waals surface area contributed by atoms with Crippen LogP contribution in [0.25, 0.3) is 0 Å². The lowest BCUT2D eigenvalue weighted by molar-refractivity contribution is 1.01. The summed E-state index contributed by atoms with van der Waals surface area (Å²) >= 11 is 13.2. The van der Waals surface area contributed by atoms with E-state index in [0.29, 0.717) is 22.5 Å². The van der Waals surface area contributed by atoms with Gasteiger partial charge < -0.3 is 5.32 Å². The van der Waals surface area contributed by atoms with E-state index in [4.69, 9.17) is 23.2 Å². The van der Waals surface area contributed by atoms with E-state index in [0.717, 1.165) is 10.7 Å². The van der Waals surface area contributed by atoms with Gasteiger partial charge in [-0.15, -0.1) is 21.5 Å². The van der Waals surface area contributed by atoms with Crippen LogP contribution < -0.4 is 5.32 Å². The molecule has 0 spiro atoms. The fourth-order valence-electron chi connectivity index (χ4n) is 1.13. The molecule has 0 bridgehead atoms. The standard InChI is InChI=1S/C9H8Cl2N4S/c1-5-4-16-8(13-5)3-12-6-2-7(10)14-15-9(6)11/h2,4H,3H2,1H3,(H,12,14). The number of anilines is 1. The maximum absolute atomic E-state index is 5.86. The molecule has 2 aromatic rings. The predicted molar refractivity (Wildman–Crippen MR) is 66.2 cm³/mol. The first kappa shape index (κ1) is 11.6. The van der Waals surface area contributed by atoms with Gasteiger partial charge in [-0.05, 0) is 6.92 Å². The molecule has 0 saturated heterocycles. The molecule has 2 heterocycles. The number of nitrogens with one attached hydrogen (secondary N) is 1. The maximum atomic E-state index is 5.86. The van der Waals surface area contributed by atoms with Crippen molar-refractivity contribution in [1.29, 1.82) is 0 Å².